The Balaban J connectivity index is 2.06. The van der Waals surface area contributed by atoms with Gasteiger partial charge < -0.3 is 0 Å². The first-order valence-corrected chi connectivity index (χ1v) is 7.79. The van der Waals surface area contributed by atoms with Crippen LogP contribution in [0.15, 0.2) is 72.8 Å². The summed E-state index contributed by atoms with van der Waals surface area (Å²) < 4.78 is 2.17. The van der Waals surface area contributed by atoms with Gasteiger partial charge in [-0.15, -0.1) is 0 Å². The lowest BCUT2D eigenvalue weighted by Crippen LogP contribution is -1.99. The van der Waals surface area contributed by atoms with E-state index in [1.165, 1.54) is 0 Å². The number of aryl methyl sites for hydroxylation is 1. The molecule has 3 heteroatoms. The number of aromatic nitrogens is 2. The fraction of sp³-hybridized carbons (Fsp3) is 0.0476. The number of rotatable bonds is 2. The van der Waals surface area contributed by atoms with Gasteiger partial charge in [0.1, 0.15) is 5.82 Å². The van der Waals surface area contributed by atoms with E-state index in [2.05, 4.69) is 27.6 Å². The van der Waals surface area contributed by atoms with Crippen LogP contribution < -0.4 is 0 Å². The van der Waals surface area contributed by atoms with E-state index in [-0.39, 0.29) is 0 Å². The van der Waals surface area contributed by atoms with Crippen molar-refractivity contribution in [2.45, 2.75) is 6.92 Å². The molecule has 3 aromatic carbocycles. The molecular weight excluding hydrogens is 294 g/mol. The minimum Gasteiger partial charge on any atom is -0.292 e. The van der Waals surface area contributed by atoms with Crippen molar-refractivity contribution >= 4 is 16.7 Å². The maximum Gasteiger partial charge on any atom is 0.187 e. The summed E-state index contributed by atoms with van der Waals surface area (Å²) in [7, 11) is 0. The number of imidazole rings is 1. The molecule has 0 unspecified atom stereocenters. The Labute approximate surface area is 140 Å². The number of hydrogen-bond donors (Lipinski definition) is 0. The highest BCUT2D eigenvalue weighted by Crippen LogP contribution is 2.31. The van der Waals surface area contributed by atoms with Crippen LogP contribution >= 0.6 is 0 Å². The van der Waals surface area contributed by atoms with E-state index in [1.54, 1.807) is 0 Å². The van der Waals surface area contributed by atoms with Gasteiger partial charge in [-0.05, 0) is 30.7 Å². The molecule has 0 atom stereocenters. The van der Waals surface area contributed by atoms with E-state index in [0.29, 0.717) is 5.69 Å². The van der Waals surface area contributed by atoms with Crippen LogP contribution in [0.1, 0.15) is 5.56 Å². The molecule has 1 heterocycles. The van der Waals surface area contributed by atoms with Gasteiger partial charge in [0.25, 0.3) is 0 Å². The van der Waals surface area contributed by atoms with Gasteiger partial charge in [-0.2, -0.15) is 0 Å². The molecule has 4 rings (SSSR count). The minimum absolute atomic E-state index is 0.655. The highest BCUT2D eigenvalue weighted by molar-refractivity contribution is 5.83. The van der Waals surface area contributed by atoms with Crippen molar-refractivity contribution in [1.29, 1.82) is 0 Å². The molecule has 114 valence electrons. The average Bonchev–Trinajstić information content (AvgIpc) is 3.02. The summed E-state index contributed by atoms with van der Waals surface area (Å²) in [6.07, 6.45) is 0. The molecule has 0 bridgehead atoms. The third-order valence-corrected chi connectivity index (χ3v) is 4.14. The first-order valence-electron chi connectivity index (χ1n) is 7.79. The molecule has 0 saturated carbocycles. The van der Waals surface area contributed by atoms with E-state index < -0.39 is 0 Å². The summed E-state index contributed by atoms with van der Waals surface area (Å²) in [5.74, 6) is 0.912. The highest BCUT2D eigenvalue weighted by Gasteiger charge is 2.15. The van der Waals surface area contributed by atoms with Gasteiger partial charge in [0.2, 0.25) is 0 Å². The normalized spacial score (nSPS) is 10.7. The van der Waals surface area contributed by atoms with Gasteiger partial charge in [0.05, 0.1) is 17.6 Å². The molecule has 3 nitrogen and oxygen atoms in total. The van der Waals surface area contributed by atoms with Gasteiger partial charge in [-0.3, -0.25) is 4.57 Å². The lowest BCUT2D eigenvalue weighted by Gasteiger charge is -2.13. The van der Waals surface area contributed by atoms with Gasteiger partial charge in [-0.1, -0.05) is 54.6 Å². The Morgan fingerprint density at radius 3 is 2.42 bits per heavy atom. The largest absolute Gasteiger partial charge is 0.292 e. The smallest absolute Gasteiger partial charge is 0.187 e. The monoisotopic (exact) mass is 309 g/mol. The maximum atomic E-state index is 7.20. The van der Waals surface area contributed by atoms with Crippen molar-refractivity contribution in [3.05, 3.63) is 89.8 Å². The van der Waals surface area contributed by atoms with Crippen LogP contribution in [0.5, 0.6) is 0 Å². The molecule has 0 saturated heterocycles. The summed E-state index contributed by atoms with van der Waals surface area (Å²) in [6.45, 7) is 9.23. The molecule has 0 N–H and O–H groups in total. The topological polar surface area (TPSA) is 22.2 Å². The molecule has 0 radical (unpaired) electrons. The number of fused-ring (bicyclic) bond motifs is 1. The number of hydrogen-bond acceptors (Lipinski definition) is 1. The van der Waals surface area contributed by atoms with Crippen molar-refractivity contribution in [1.82, 2.24) is 9.55 Å². The van der Waals surface area contributed by atoms with Gasteiger partial charge in [0, 0.05) is 11.3 Å². The maximum absolute atomic E-state index is 7.20. The molecule has 0 aliphatic heterocycles. The molecule has 24 heavy (non-hydrogen) atoms. The molecule has 4 aromatic rings. The Morgan fingerprint density at radius 2 is 1.67 bits per heavy atom. The van der Waals surface area contributed by atoms with Crippen molar-refractivity contribution in [2.75, 3.05) is 0 Å². The first-order chi connectivity index (χ1) is 11.8. The summed E-state index contributed by atoms with van der Waals surface area (Å²) in [5.41, 5.74) is 5.86. The van der Waals surface area contributed by atoms with Crippen molar-refractivity contribution in [2.24, 2.45) is 0 Å². The zero-order valence-electron chi connectivity index (χ0n) is 13.3. The second-order valence-corrected chi connectivity index (χ2v) is 5.71. The van der Waals surface area contributed by atoms with E-state index >= 15 is 0 Å². The number of para-hydroxylation sites is 2. The van der Waals surface area contributed by atoms with Crippen LogP contribution in [0, 0.1) is 13.5 Å². The van der Waals surface area contributed by atoms with Crippen LogP contribution in [0.3, 0.4) is 0 Å². The summed E-state index contributed by atoms with van der Waals surface area (Å²) in [5, 5.41) is 0. The van der Waals surface area contributed by atoms with Crippen molar-refractivity contribution in [3.63, 3.8) is 0 Å². The number of nitrogens with zero attached hydrogens (tertiary/aromatic N) is 3. The highest BCUT2D eigenvalue weighted by atomic mass is 15.1. The zero-order chi connectivity index (χ0) is 16.5. The molecule has 0 aliphatic rings. The predicted molar refractivity (Wildman–Crippen MR) is 97.5 cm³/mol. The Morgan fingerprint density at radius 1 is 0.917 bits per heavy atom. The quantitative estimate of drug-likeness (QED) is 0.445. The van der Waals surface area contributed by atoms with Crippen LogP contribution in [0.4, 0.5) is 5.69 Å². The van der Waals surface area contributed by atoms with Crippen LogP contribution in [0.25, 0.3) is 33.0 Å². The predicted octanol–water partition coefficient (Wildman–Crippen LogP) is 5.55. The molecular formula is C21H15N3. The van der Waals surface area contributed by atoms with Crippen molar-refractivity contribution in [3.8, 4) is 17.1 Å². The molecule has 0 aliphatic carbocycles. The first kappa shape index (κ1) is 14.2. The zero-order valence-corrected chi connectivity index (χ0v) is 13.3. The SMILES string of the molecule is [C-]#[N+]c1ccc(-n2c(-c3ccccc3)nc3ccccc32)c(C)c1. The van der Waals surface area contributed by atoms with E-state index in [4.69, 9.17) is 11.6 Å². The lowest BCUT2D eigenvalue weighted by molar-refractivity contribution is 1.08. The summed E-state index contributed by atoms with van der Waals surface area (Å²) in [4.78, 5) is 8.37. The Kier molecular flexibility index (Phi) is 3.36. The standard InChI is InChI=1S/C21H15N3/c1-15-14-17(22-2)12-13-19(15)24-20-11-7-6-10-18(20)23-21(24)16-8-4-3-5-9-16/h3-14H,1H3. The van der Waals surface area contributed by atoms with Crippen LogP contribution in [0.2, 0.25) is 0 Å². The molecule has 0 spiro atoms. The Hall–Kier alpha value is -3.38. The van der Waals surface area contributed by atoms with Gasteiger partial charge in [-0.25, -0.2) is 9.83 Å². The Bertz CT molecular complexity index is 1070. The van der Waals surface area contributed by atoms with E-state index in [9.17, 15) is 0 Å². The molecule has 1 aromatic heterocycles. The third kappa shape index (κ3) is 2.26. The van der Waals surface area contributed by atoms with E-state index in [1.807, 2.05) is 61.5 Å². The van der Waals surface area contributed by atoms with Gasteiger partial charge in [0.15, 0.2) is 5.69 Å². The van der Waals surface area contributed by atoms with Crippen LogP contribution in [-0.2, 0) is 0 Å². The third-order valence-electron chi connectivity index (χ3n) is 4.14. The van der Waals surface area contributed by atoms with Gasteiger partial charge >= 0.3 is 0 Å². The fourth-order valence-corrected chi connectivity index (χ4v) is 3.01. The van der Waals surface area contributed by atoms with Crippen LogP contribution in [-0.4, -0.2) is 9.55 Å². The molecule has 0 amide bonds. The summed E-state index contributed by atoms with van der Waals surface area (Å²) >= 11 is 0. The number of benzene rings is 3. The fourth-order valence-electron chi connectivity index (χ4n) is 3.01. The second kappa shape index (κ2) is 5.68. The van der Waals surface area contributed by atoms with E-state index in [0.717, 1.165) is 33.7 Å². The minimum atomic E-state index is 0.655. The summed E-state index contributed by atoms with van der Waals surface area (Å²) in [6, 6.07) is 24.1. The average molecular weight is 309 g/mol. The lowest BCUT2D eigenvalue weighted by atomic mass is 10.1. The van der Waals surface area contributed by atoms with Crippen molar-refractivity contribution < 1.29 is 0 Å². The molecule has 0 fully saturated rings. The second-order valence-electron chi connectivity index (χ2n) is 5.71.